The van der Waals surface area contributed by atoms with Gasteiger partial charge in [0.1, 0.15) is 17.3 Å². The van der Waals surface area contributed by atoms with Gasteiger partial charge in [-0.1, -0.05) is 0 Å². The maximum absolute atomic E-state index is 9.81. The molecule has 16 heavy (non-hydrogen) atoms. The van der Waals surface area contributed by atoms with Crippen molar-refractivity contribution in [3.05, 3.63) is 30.6 Å². The van der Waals surface area contributed by atoms with Crippen molar-refractivity contribution in [3.63, 3.8) is 0 Å². The van der Waals surface area contributed by atoms with Gasteiger partial charge in [-0.3, -0.25) is 0 Å². The smallest absolute Gasteiger partial charge is 0.143 e. The zero-order valence-corrected chi connectivity index (χ0v) is 9.34. The quantitative estimate of drug-likeness (QED) is 0.859. The number of rotatable bonds is 3. The molecule has 4 nitrogen and oxygen atoms in total. The summed E-state index contributed by atoms with van der Waals surface area (Å²) in [6, 6.07) is 5.12. The normalized spacial score (nSPS) is 10.4. The number of phenolic OH excluding ortho intramolecular Hbond substituents is 1. The molecular formula is C12H14N2O2. The highest BCUT2D eigenvalue weighted by Gasteiger charge is 2.10. The zero-order chi connectivity index (χ0) is 11.5. The Morgan fingerprint density at radius 1 is 1.44 bits per heavy atom. The first kappa shape index (κ1) is 10.5. The highest BCUT2D eigenvalue weighted by Crippen LogP contribution is 2.31. The van der Waals surface area contributed by atoms with Gasteiger partial charge in [0.15, 0.2) is 0 Å². The molecule has 0 unspecified atom stereocenters. The third-order valence-corrected chi connectivity index (χ3v) is 2.50. The van der Waals surface area contributed by atoms with Gasteiger partial charge >= 0.3 is 0 Å². The van der Waals surface area contributed by atoms with Gasteiger partial charge in [0.25, 0.3) is 0 Å². The predicted molar refractivity (Wildman–Crippen MR) is 61.6 cm³/mol. The lowest BCUT2D eigenvalue weighted by Gasteiger charge is -2.08. The summed E-state index contributed by atoms with van der Waals surface area (Å²) in [5.74, 6) is 1.67. The Bertz CT molecular complexity index is 492. The van der Waals surface area contributed by atoms with Gasteiger partial charge in [-0.15, -0.1) is 0 Å². The molecular weight excluding hydrogens is 204 g/mol. The van der Waals surface area contributed by atoms with Gasteiger partial charge in [-0.05, 0) is 25.1 Å². The SMILES string of the molecule is CCn1ccnc1-c1cc(OC)ccc1O. The van der Waals surface area contributed by atoms with Crippen molar-refractivity contribution in [2.24, 2.45) is 0 Å². The first-order valence-electron chi connectivity index (χ1n) is 5.14. The van der Waals surface area contributed by atoms with Crippen LogP contribution in [-0.4, -0.2) is 21.8 Å². The van der Waals surface area contributed by atoms with Crippen LogP contribution in [0.1, 0.15) is 6.92 Å². The molecule has 0 aliphatic carbocycles. The van der Waals surface area contributed by atoms with Gasteiger partial charge in [-0.25, -0.2) is 4.98 Å². The number of ether oxygens (including phenoxy) is 1. The Kier molecular flexibility index (Phi) is 2.81. The average molecular weight is 218 g/mol. The van der Waals surface area contributed by atoms with E-state index in [0.717, 1.165) is 12.4 Å². The molecule has 1 aromatic carbocycles. The molecule has 0 radical (unpaired) electrons. The first-order chi connectivity index (χ1) is 7.76. The Hall–Kier alpha value is -1.97. The summed E-state index contributed by atoms with van der Waals surface area (Å²) in [6.45, 7) is 2.84. The van der Waals surface area contributed by atoms with E-state index in [1.807, 2.05) is 17.7 Å². The van der Waals surface area contributed by atoms with E-state index in [1.54, 1.807) is 31.5 Å². The zero-order valence-electron chi connectivity index (χ0n) is 9.34. The minimum atomic E-state index is 0.210. The molecule has 0 aliphatic rings. The monoisotopic (exact) mass is 218 g/mol. The largest absolute Gasteiger partial charge is 0.507 e. The minimum Gasteiger partial charge on any atom is -0.507 e. The molecule has 4 heteroatoms. The van der Waals surface area contributed by atoms with Gasteiger partial charge in [0.2, 0.25) is 0 Å². The lowest BCUT2D eigenvalue weighted by Crippen LogP contribution is -1.96. The Balaban J connectivity index is 2.54. The molecule has 2 rings (SSSR count). The van der Waals surface area contributed by atoms with Crippen LogP contribution in [0.3, 0.4) is 0 Å². The molecule has 0 saturated carbocycles. The van der Waals surface area contributed by atoms with Crippen molar-refractivity contribution in [3.8, 4) is 22.9 Å². The van der Waals surface area contributed by atoms with Crippen molar-refractivity contribution >= 4 is 0 Å². The highest BCUT2D eigenvalue weighted by molar-refractivity contribution is 5.66. The van der Waals surface area contributed by atoms with Crippen molar-refractivity contribution in [1.29, 1.82) is 0 Å². The number of aryl methyl sites for hydroxylation is 1. The number of benzene rings is 1. The summed E-state index contributed by atoms with van der Waals surface area (Å²) in [5, 5.41) is 9.81. The summed E-state index contributed by atoms with van der Waals surface area (Å²) < 4.78 is 7.10. The fourth-order valence-electron chi connectivity index (χ4n) is 1.63. The van der Waals surface area contributed by atoms with Crippen LogP contribution in [0.4, 0.5) is 0 Å². The number of aromatic nitrogens is 2. The van der Waals surface area contributed by atoms with Crippen LogP contribution in [0.25, 0.3) is 11.4 Å². The van der Waals surface area contributed by atoms with Crippen LogP contribution in [0.5, 0.6) is 11.5 Å². The lowest BCUT2D eigenvalue weighted by molar-refractivity contribution is 0.412. The predicted octanol–water partition coefficient (Wildman–Crippen LogP) is 2.28. The van der Waals surface area contributed by atoms with Crippen LogP contribution in [0, 0.1) is 0 Å². The molecule has 0 amide bonds. The van der Waals surface area contributed by atoms with Gasteiger partial charge < -0.3 is 14.4 Å². The van der Waals surface area contributed by atoms with Gasteiger partial charge in [0.05, 0.1) is 12.7 Å². The van der Waals surface area contributed by atoms with Crippen molar-refractivity contribution in [2.75, 3.05) is 7.11 Å². The highest BCUT2D eigenvalue weighted by atomic mass is 16.5. The third-order valence-electron chi connectivity index (χ3n) is 2.50. The number of phenols is 1. The number of hydrogen-bond donors (Lipinski definition) is 1. The van der Waals surface area contributed by atoms with Gasteiger partial charge in [-0.2, -0.15) is 0 Å². The first-order valence-corrected chi connectivity index (χ1v) is 5.14. The molecule has 0 aliphatic heterocycles. The molecule has 0 atom stereocenters. The molecule has 0 fully saturated rings. The van der Waals surface area contributed by atoms with E-state index in [-0.39, 0.29) is 5.75 Å². The summed E-state index contributed by atoms with van der Waals surface area (Å²) in [7, 11) is 1.60. The molecule has 84 valence electrons. The summed E-state index contributed by atoms with van der Waals surface area (Å²) >= 11 is 0. The maximum atomic E-state index is 9.81. The topological polar surface area (TPSA) is 47.3 Å². The Morgan fingerprint density at radius 3 is 2.94 bits per heavy atom. The fraction of sp³-hybridized carbons (Fsp3) is 0.250. The average Bonchev–Trinajstić information content (AvgIpc) is 2.77. The van der Waals surface area contributed by atoms with Crippen LogP contribution in [0.2, 0.25) is 0 Å². The maximum Gasteiger partial charge on any atom is 0.143 e. The van der Waals surface area contributed by atoms with Crippen LogP contribution in [0.15, 0.2) is 30.6 Å². The second-order valence-electron chi connectivity index (χ2n) is 3.42. The minimum absolute atomic E-state index is 0.210. The molecule has 1 N–H and O–H groups in total. The fourth-order valence-corrected chi connectivity index (χ4v) is 1.63. The molecule has 0 saturated heterocycles. The molecule has 0 bridgehead atoms. The van der Waals surface area contributed by atoms with E-state index in [9.17, 15) is 5.11 Å². The van der Waals surface area contributed by atoms with Crippen LogP contribution < -0.4 is 4.74 Å². The summed E-state index contributed by atoms with van der Waals surface area (Å²) in [4.78, 5) is 4.24. The lowest BCUT2D eigenvalue weighted by atomic mass is 10.1. The van der Waals surface area contributed by atoms with Gasteiger partial charge in [0, 0.05) is 18.9 Å². The second-order valence-corrected chi connectivity index (χ2v) is 3.42. The number of imidazole rings is 1. The molecule has 0 spiro atoms. The van der Waals surface area contributed by atoms with Crippen LogP contribution in [-0.2, 0) is 6.54 Å². The van der Waals surface area contributed by atoms with Crippen molar-refractivity contribution in [2.45, 2.75) is 13.5 Å². The second kappa shape index (κ2) is 4.26. The standard InChI is InChI=1S/C12H14N2O2/c1-3-14-7-6-13-12(14)10-8-9(16-2)4-5-11(10)15/h4-8,15H,3H2,1-2H3. The van der Waals surface area contributed by atoms with E-state index in [1.165, 1.54) is 0 Å². The van der Waals surface area contributed by atoms with E-state index < -0.39 is 0 Å². The molecule has 1 heterocycles. The van der Waals surface area contributed by atoms with Crippen molar-refractivity contribution < 1.29 is 9.84 Å². The number of methoxy groups -OCH3 is 1. The third kappa shape index (κ3) is 1.74. The van der Waals surface area contributed by atoms with E-state index >= 15 is 0 Å². The van der Waals surface area contributed by atoms with E-state index in [4.69, 9.17) is 4.74 Å². The number of aromatic hydroxyl groups is 1. The van der Waals surface area contributed by atoms with Crippen molar-refractivity contribution in [1.82, 2.24) is 9.55 Å². The summed E-state index contributed by atoms with van der Waals surface area (Å²) in [5.41, 5.74) is 0.686. The number of hydrogen-bond acceptors (Lipinski definition) is 3. The van der Waals surface area contributed by atoms with Crippen LogP contribution >= 0.6 is 0 Å². The molecule has 1 aromatic heterocycles. The Morgan fingerprint density at radius 2 is 2.25 bits per heavy atom. The molecule has 2 aromatic rings. The van der Waals surface area contributed by atoms with E-state index in [0.29, 0.717) is 11.3 Å². The number of nitrogens with zero attached hydrogens (tertiary/aromatic N) is 2. The summed E-state index contributed by atoms with van der Waals surface area (Å²) in [6.07, 6.45) is 3.60. The van der Waals surface area contributed by atoms with E-state index in [2.05, 4.69) is 4.98 Å². The Labute approximate surface area is 94.1 Å².